The third-order valence-electron chi connectivity index (χ3n) is 3.68. The topological polar surface area (TPSA) is 75.3 Å². The first-order chi connectivity index (χ1) is 14.5. The molecular weight excluding hydrogens is 519 g/mol. The van der Waals surface area contributed by atoms with Crippen molar-refractivity contribution in [3.63, 3.8) is 0 Å². The molecule has 13 heteroatoms. The summed E-state index contributed by atoms with van der Waals surface area (Å²) in [5.74, 6) is -0.106. The zero-order valence-corrected chi connectivity index (χ0v) is 29.7. The number of hydrogen-bond donors (Lipinski definition) is 1. The third kappa shape index (κ3) is 18.3. The lowest BCUT2D eigenvalue weighted by atomic mass is 10.3. The lowest BCUT2D eigenvalue weighted by molar-refractivity contribution is -0.117. The van der Waals surface area contributed by atoms with Gasteiger partial charge in [-0.3, -0.25) is 4.79 Å². The Balaban J connectivity index is 5.84. The van der Waals surface area contributed by atoms with Crippen molar-refractivity contribution in [2.75, 3.05) is 6.54 Å². The second kappa shape index (κ2) is 13.0. The summed E-state index contributed by atoms with van der Waals surface area (Å²) in [5, 5.41) is 2.91. The van der Waals surface area contributed by atoms with Gasteiger partial charge in [-0.15, -0.1) is 0 Å². The fourth-order valence-corrected chi connectivity index (χ4v) is 21.7. The van der Waals surface area contributed by atoms with Crippen LogP contribution in [0.2, 0.25) is 84.6 Å². The number of nitrogens with one attached hydrogen (secondary N) is 1. The molecule has 0 aromatic heterocycles. The molecule has 1 N–H and O–H groups in total. The molecule has 0 spiro atoms. The van der Waals surface area contributed by atoms with E-state index in [1.165, 1.54) is 0 Å². The van der Waals surface area contributed by atoms with E-state index in [2.05, 4.69) is 90.5 Å². The molecule has 1 amide bonds. The lowest BCUT2D eigenvalue weighted by Gasteiger charge is -2.42. The van der Waals surface area contributed by atoms with E-state index in [0.717, 1.165) is 12.8 Å². The largest absolute Gasteiger partial charge is 0.472 e. The van der Waals surface area contributed by atoms with Gasteiger partial charge in [0.25, 0.3) is 0 Å². The molecular formula is C20H51NO6Si6. The summed E-state index contributed by atoms with van der Waals surface area (Å²) >= 11 is 0. The predicted molar refractivity (Wildman–Crippen MR) is 154 cm³/mol. The minimum atomic E-state index is -3.08. The van der Waals surface area contributed by atoms with Gasteiger partial charge in [0.2, 0.25) is 5.91 Å². The Labute approximate surface area is 210 Å². The van der Waals surface area contributed by atoms with E-state index < -0.39 is 51.6 Å². The van der Waals surface area contributed by atoms with Crippen LogP contribution in [0.25, 0.3) is 0 Å². The maximum Gasteiger partial charge on any atom is 0.472 e. The molecule has 0 bridgehead atoms. The number of carbonyl (C=O) groups excluding carboxylic acids is 1. The van der Waals surface area contributed by atoms with Gasteiger partial charge in [-0.1, -0.05) is 6.58 Å². The highest BCUT2D eigenvalue weighted by atomic mass is 28.5. The molecule has 0 aromatic carbocycles. The average molecular weight is 570 g/mol. The molecule has 0 saturated heterocycles. The SMILES string of the molecule is C=C(C)C(=O)NCCCC[Si](O[SiH](O[Si](C)(C)C)O[Si](C)(C)C)(O[Si](C)(C)C)O[Si](C)(C)C. The van der Waals surface area contributed by atoms with Gasteiger partial charge in [0, 0.05) is 18.2 Å². The highest BCUT2D eigenvalue weighted by Gasteiger charge is 2.50. The molecule has 0 aliphatic heterocycles. The summed E-state index contributed by atoms with van der Waals surface area (Å²) in [7, 11) is -13.3. The van der Waals surface area contributed by atoms with Gasteiger partial charge >= 0.3 is 18.3 Å². The van der Waals surface area contributed by atoms with Crippen LogP contribution in [0.5, 0.6) is 0 Å². The first-order valence-electron chi connectivity index (χ1n) is 11.9. The van der Waals surface area contributed by atoms with E-state index in [1.54, 1.807) is 6.92 Å². The van der Waals surface area contributed by atoms with E-state index in [4.69, 9.17) is 20.6 Å². The molecule has 0 atom stereocenters. The van der Waals surface area contributed by atoms with Crippen molar-refractivity contribution in [2.24, 2.45) is 0 Å². The van der Waals surface area contributed by atoms with Crippen molar-refractivity contribution in [1.29, 1.82) is 0 Å². The minimum absolute atomic E-state index is 0.106. The van der Waals surface area contributed by atoms with Crippen molar-refractivity contribution in [3.05, 3.63) is 12.2 Å². The quantitative estimate of drug-likeness (QED) is 0.149. The molecule has 7 nitrogen and oxygen atoms in total. The average Bonchev–Trinajstić information content (AvgIpc) is 2.46. The van der Waals surface area contributed by atoms with Crippen LogP contribution in [0.1, 0.15) is 19.8 Å². The van der Waals surface area contributed by atoms with Crippen LogP contribution in [0.3, 0.4) is 0 Å². The normalized spacial score (nSPS) is 14.0. The second-order valence-electron chi connectivity index (χ2n) is 12.5. The Morgan fingerprint density at radius 2 is 1.15 bits per heavy atom. The van der Waals surface area contributed by atoms with E-state index in [9.17, 15) is 4.79 Å². The minimum Gasteiger partial charge on any atom is -0.419 e. The van der Waals surface area contributed by atoms with Crippen LogP contribution in [0, 0.1) is 0 Å². The molecule has 0 unspecified atom stereocenters. The molecule has 196 valence electrons. The Bertz CT molecular complexity index is 605. The smallest absolute Gasteiger partial charge is 0.419 e. The molecule has 0 rings (SSSR count). The van der Waals surface area contributed by atoms with Crippen LogP contribution in [-0.4, -0.2) is 64.1 Å². The Kier molecular flexibility index (Phi) is 13.2. The number of rotatable bonds is 16. The molecule has 0 aliphatic carbocycles. The maximum absolute atomic E-state index is 11.8. The summed E-state index contributed by atoms with van der Waals surface area (Å²) in [4.78, 5) is 11.8. The Morgan fingerprint density at radius 1 is 0.727 bits per heavy atom. The summed E-state index contributed by atoms with van der Waals surface area (Å²) < 4.78 is 33.4. The molecule has 0 heterocycles. The van der Waals surface area contributed by atoms with Crippen molar-refractivity contribution in [3.8, 4) is 0 Å². The van der Waals surface area contributed by atoms with Gasteiger partial charge in [-0.05, 0) is 98.3 Å². The zero-order chi connectivity index (χ0) is 26.3. The Hall–Kier alpha value is 0.311. The van der Waals surface area contributed by atoms with Gasteiger partial charge < -0.3 is 25.9 Å². The van der Waals surface area contributed by atoms with E-state index in [-0.39, 0.29) is 5.91 Å². The van der Waals surface area contributed by atoms with Crippen LogP contribution >= 0.6 is 0 Å². The lowest BCUT2D eigenvalue weighted by Crippen LogP contribution is -2.61. The molecule has 0 radical (unpaired) electrons. The summed E-state index contributed by atoms with van der Waals surface area (Å²) in [6, 6.07) is 0.693. The fourth-order valence-electron chi connectivity index (χ4n) is 2.78. The van der Waals surface area contributed by atoms with Gasteiger partial charge in [0.05, 0.1) is 0 Å². The highest BCUT2D eigenvalue weighted by molar-refractivity contribution is 6.89. The van der Waals surface area contributed by atoms with Crippen molar-refractivity contribution >= 4 is 57.5 Å². The van der Waals surface area contributed by atoms with Gasteiger partial charge in [-0.2, -0.15) is 0 Å². The van der Waals surface area contributed by atoms with Gasteiger partial charge in [0.15, 0.2) is 33.3 Å². The van der Waals surface area contributed by atoms with E-state index in [1.807, 2.05) is 0 Å². The highest BCUT2D eigenvalue weighted by Crippen LogP contribution is 2.29. The van der Waals surface area contributed by atoms with Crippen LogP contribution in [-0.2, 0) is 25.4 Å². The van der Waals surface area contributed by atoms with Crippen LogP contribution in [0.4, 0.5) is 0 Å². The van der Waals surface area contributed by atoms with E-state index in [0.29, 0.717) is 18.2 Å². The second-order valence-corrected chi connectivity index (χ2v) is 36.3. The molecule has 33 heavy (non-hydrogen) atoms. The van der Waals surface area contributed by atoms with Crippen molar-refractivity contribution < 1.29 is 25.4 Å². The summed E-state index contributed by atoms with van der Waals surface area (Å²) in [6.45, 7) is 32.0. The number of carbonyl (C=O) groups is 1. The van der Waals surface area contributed by atoms with Crippen molar-refractivity contribution in [2.45, 2.75) is 104 Å². The van der Waals surface area contributed by atoms with Crippen LogP contribution < -0.4 is 5.32 Å². The monoisotopic (exact) mass is 569 g/mol. The van der Waals surface area contributed by atoms with E-state index >= 15 is 0 Å². The third-order valence-corrected chi connectivity index (χ3v) is 21.4. The fraction of sp³-hybridized carbons (Fsp3) is 0.850. The summed E-state index contributed by atoms with van der Waals surface area (Å²) in [5.41, 5.74) is 0.520. The van der Waals surface area contributed by atoms with Gasteiger partial charge in [-0.25, -0.2) is 0 Å². The molecule has 0 aliphatic rings. The number of unbranched alkanes of at least 4 members (excludes halogenated alkanes) is 1. The van der Waals surface area contributed by atoms with Crippen molar-refractivity contribution in [1.82, 2.24) is 5.32 Å². The summed E-state index contributed by atoms with van der Waals surface area (Å²) in [6.07, 6.45) is 1.65. The first-order valence-corrected chi connectivity index (χ1v) is 28.9. The van der Waals surface area contributed by atoms with Gasteiger partial charge in [0.1, 0.15) is 0 Å². The maximum atomic E-state index is 11.8. The number of amides is 1. The zero-order valence-electron chi connectivity index (χ0n) is 23.6. The molecule has 0 fully saturated rings. The first kappa shape index (κ1) is 33.3. The standard InChI is InChI=1S/C20H51NO6Si6/c1-19(2)20(22)21-17-15-16-18-33(26-31(9,10)11,27-32(12,13)14)25-28(23-29(3,4)5)24-30(6,7)8/h28H,1,15-18H2,2-14H3,(H,21,22). The molecule has 0 aromatic rings. The number of hydrogen-bond acceptors (Lipinski definition) is 6. The Morgan fingerprint density at radius 3 is 1.48 bits per heavy atom. The predicted octanol–water partition coefficient (Wildman–Crippen LogP) is 5.54. The molecule has 0 saturated carbocycles. The van der Waals surface area contributed by atoms with Crippen LogP contribution in [0.15, 0.2) is 12.2 Å².